The van der Waals surface area contributed by atoms with Crippen molar-refractivity contribution in [2.24, 2.45) is 0 Å². The van der Waals surface area contributed by atoms with Crippen molar-refractivity contribution in [3.63, 3.8) is 0 Å². The molecule has 0 aliphatic heterocycles. The Bertz CT molecular complexity index is 575. The third-order valence-electron chi connectivity index (χ3n) is 2.59. The molecule has 2 rings (SSSR count). The number of rotatable bonds is 4. The van der Waals surface area contributed by atoms with E-state index in [1.165, 1.54) is 24.3 Å². The number of alkyl halides is 3. The molecule has 1 aromatic heterocycles. The second kappa shape index (κ2) is 5.88. The lowest BCUT2D eigenvalue weighted by atomic mass is 10.1. The molecule has 0 saturated heterocycles. The Balaban J connectivity index is 2.43. The van der Waals surface area contributed by atoms with Gasteiger partial charge in [0, 0.05) is 17.0 Å². The van der Waals surface area contributed by atoms with Gasteiger partial charge in [-0.2, -0.15) is 13.2 Å². The van der Waals surface area contributed by atoms with E-state index in [1.807, 2.05) is 6.92 Å². The molecule has 1 N–H and O–H groups in total. The Morgan fingerprint density at radius 1 is 1.20 bits per heavy atom. The lowest BCUT2D eigenvalue weighted by molar-refractivity contribution is -0.137. The third-order valence-corrected chi connectivity index (χ3v) is 3.69. The quantitative estimate of drug-likeness (QED) is 0.861. The van der Waals surface area contributed by atoms with E-state index in [1.54, 1.807) is 0 Å². The fourth-order valence-electron chi connectivity index (χ4n) is 1.66. The number of nitrogens with zero attached hydrogens (tertiary/aromatic N) is 1. The molecule has 0 amide bonds. The zero-order valence-electron chi connectivity index (χ0n) is 10.6. The molecule has 0 fully saturated rings. The second-order valence-electron chi connectivity index (χ2n) is 4.08. The molecule has 0 aliphatic carbocycles. The molecular weight excluding hydrogens is 292 g/mol. The summed E-state index contributed by atoms with van der Waals surface area (Å²) in [4.78, 5) is 4.16. The number of nitrogens with one attached hydrogen (secondary N) is 1. The van der Waals surface area contributed by atoms with Crippen molar-refractivity contribution >= 4 is 11.3 Å². The summed E-state index contributed by atoms with van der Waals surface area (Å²) in [5.41, 5.74) is 0.731. The monoisotopic (exact) mass is 304 g/mol. The minimum absolute atomic E-state index is 0.253. The summed E-state index contributed by atoms with van der Waals surface area (Å²) < 4.78 is 51.1. The third kappa shape index (κ3) is 3.34. The van der Waals surface area contributed by atoms with Gasteiger partial charge < -0.3 is 5.32 Å². The topological polar surface area (TPSA) is 24.9 Å². The average Bonchev–Trinajstić information content (AvgIpc) is 2.81. The lowest BCUT2D eigenvalue weighted by Gasteiger charge is -2.02. The van der Waals surface area contributed by atoms with Crippen molar-refractivity contribution < 1.29 is 17.6 Å². The number of hydrogen-bond donors (Lipinski definition) is 1. The maximum absolute atomic E-state index is 12.9. The van der Waals surface area contributed by atoms with E-state index in [0.717, 1.165) is 0 Å². The summed E-state index contributed by atoms with van der Waals surface area (Å²) in [6, 6.07) is 5.28. The molecule has 0 saturated carbocycles. The van der Waals surface area contributed by atoms with Crippen LogP contribution in [0.4, 0.5) is 17.6 Å². The molecular formula is C13H12F4N2S. The Labute approximate surface area is 117 Å². The maximum atomic E-state index is 12.9. The van der Waals surface area contributed by atoms with Crippen LogP contribution in [0.25, 0.3) is 11.3 Å². The van der Waals surface area contributed by atoms with Crippen molar-refractivity contribution in [1.82, 2.24) is 10.3 Å². The van der Waals surface area contributed by atoms with Crippen LogP contribution in [0.1, 0.15) is 16.8 Å². The van der Waals surface area contributed by atoms with Gasteiger partial charge in [-0.25, -0.2) is 9.37 Å². The Morgan fingerprint density at radius 2 is 1.85 bits per heavy atom. The van der Waals surface area contributed by atoms with E-state index < -0.39 is 17.0 Å². The molecule has 1 heterocycles. The highest BCUT2D eigenvalue weighted by Gasteiger charge is 2.36. The van der Waals surface area contributed by atoms with Crippen LogP contribution in [0.2, 0.25) is 0 Å². The molecule has 7 heteroatoms. The Hall–Kier alpha value is -1.47. The van der Waals surface area contributed by atoms with Gasteiger partial charge in [0.05, 0.1) is 5.69 Å². The van der Waals surface area contributed by atoms with E-state index in [9.17, 15) is 17.6 Å². The first-order valence-corrected chi connectivity index (χ1v) is 6.77. The van der Waals surface area contributed by atoms with Crippen LogP contribution < -0.4 is 5.32 Å². The van der Waals surface area contributed by atoms with Crippen LogP contribution in [-0.2, 0) is 12.7 Å². The minimum Gasteiger partial charge on any atom is -0.312 e. The molecule has 2 nitrogen and oxygen atoms in total. The van der Waals surface area contributed by atoms with E-state index in [-0.39, 0.29) is 5.69 Å². The summed E-state index contributed by atoms with van der Waals surface area (Å²) >= 11 is 0.613. The first kappa shape index (κ1) is 14.9. The van der Waals surface area contributed by atoms with Crippen molar-refractivity contribution in [2.75, 3.05) is 6.54 Å². The average molecular weight is 304 g/mol. The van der Waals surface area contributed by atoms with Gasteiger partial charge in [0.1, 0.15) is 5.82 Å². The van der Waals surface area contributed by atoms with Gasteiger partial charge in [-0.3, -0.25) is 0 Å². The fraction of sp³-hybridized carbons (Fsp3) is 0.308. The Morgan fingerprint density at radius 3 is 2.40 bits per heavy atom. The number of thiazole rings is 1. The van der Waals surface area contributed by atoms with Gasteiger partial charge in [-0.15, -0.1) is 11.3 Å². The molecule has 0 aliphatic rings. The summed E-state index contributed by atoms with van der Waals surface area (Å²) in [6.45, 7) is 2.81. The first-order chi connectivity index (χ1) is 9.41. The second-order valence-corrected chi connectivity index (χ2v) is 5.16. The van der Waals surface area contributed by atoms with Crippen LogP contribution in [0, 0.1) is 5.82 Å². The SMILES string of the molecule is CCNCc1sc(C(F)(F)F)nc1-c1ccc(F)cc1. The summed E-state index contributed by atoms with van der Waals surface area (Å²) in [6.07, 6.45) is -4.47. The normalized spacial score (nSPS) is 11.8. The summed E-state index contributed by atoms with van der Waals surface area (Å²) in [5, 5.41) is 2.10. The number of hydrogen-bond acceptors (Lipinski definition) is 3. The van der Waals surface area contributed by atoms with Gasteiger partial charge in [0.2, 0.25) is 0 Å². The number of halogens is 4. The van der Waals surface area contributed by atoms with Gasteiger partial charge in [-0.05, 0) is 30.8 Å². The number of aromatic nitrogens is 1. The molecule has 108 valence electrons. The largest absolute Gasteiger partial charge is 0.443 e. The van der Waals surface area contributed by atoms with E-state index in [4.69, 9.17) is 0 Å². The van der Waals surface area contributed by atoms with E-state index in [0.29, 0.717) is 34.9 Å². The highest BCUT2D eigenvalue weighted by molar-refractivity contribution is 7.12. The van der Waals surface area contributed by atoms with Crippen molar-refractivity contribution in [2.45, 2.75) is 19.6 Å². The van der Waals surface area contributed by atoms with E-state index >= 15 is 0 Å². The van der Waals surface area contributed by atoms with Crippen LogP contribution in [-0.4, -0.2) is 11.5 Å². The molecule has 0 radical (unpaired) electrons. The van der Waals surface area contributed by atoms with Crippen LogP contribution in [0.15, 0.2) is 24.3 Å². The van der Waals surface area contributed by atoms with Crippen molar-refractivity contribution in [3.8, 4) is 11.3 Å². The van der Waals surface area contributed by atoms with Gasteiger partial charge >= 0.3 is 6.18 Å². The zero-order valence-corrected chi connectivity index (χ0v) is 11.4. The standard InChI is InChI=1S/C13H12F4N2S/c1-2-18-7-10-11(8-3-5-9(14)6-4-8)19-12(20-10)13(15,16)17/h3-6,18H,2,7H2,1H3. The van der Waals surface area contributed by atoms with E-state index in [2.05, 4.69) is 10.3 Å². The molecule has 2 aromatic rings. The maximum Gasteiger partial charge on any atom is 0.443 e. The predicted octanol–water partition coefficient (Wildman–Crippen LogP) is 4.08. The molecule has 0 bridgehead atoms. The highest BCUT2D eigenvalue weighted by atomic mass is 32.1. The fourth-order valence-corrected chi connectivity index (χ4v) is 2.59. The lowest BCUT2D eigenvalue weighted by Crippen LogP contribution is -2.11. The minimum atomic E-state index is -4.47. The molecule has 0 unspecified atom stereocenters. The summed E-state index contributed by atoms with van der Waals surface area (Å²) in [7, 11) is 0. The predicted molar refractivity (Wildman–Crippen MR) is 69.9 cm³/mol. The first-order valence-electron chi connectivity index (χ1n) is 5.95. The van der Waals surface area contributed by atoms with Gasteiger partial charge in [-0.1, -0.05) is 6.92 Å². The van der Waals surface area contributed by atoms with Crippen LogP contribution in [0.5, 0.6) is 0 Å². The summed E-state index contributed by atoms with van der Waals surface area (Å²) in [5.74, 6) is -0.437. The highest BCUT2D eigenvalue weighted by Crippen LogP contribution is 2.37. The van der Waals surface area contributed by atoms with Gasteiger partial charge in [0.25, 0.3) is 0 Å². The molecule has 20 heavy (non-hydrogen) atoms. The van der Waals surface area contributed by atoms with Gasteiger partial charge in [0.15, 0.2) is 5.01 Å². The molecule has 1 aromatic carbocycles. The molecule has 0 atom stereocenters. The van der Waals surface area contributed by atoms with Crippen molar-refractivity contribution in [1.29, 1.82) is 0 Å². The Kier molecular flexibility index (Phi) is 4.39. The molecule has 0 spiro atoms. The smallest absolute Gasteiger partial charge is 0.312 e. The number of benzene rings is 1. The zero-order chi connectivity index (χ0) is 14.8. The van der Waals surface area contributed by atoms with Crippen molar-refractivity contribution in [3.05, 3.63) is 40.0 Å². The van der Waals surface area contributed by atoms with Crippen LogP contribution in [0.3, 0.4) is 0 Å². The van der Waals surface area contributed by atoms with Crippen LogP contribution >= 0.6 is 11.3 Å².